The molecule has 57 heavy (non-hydrogen) atoms. The van der Waals surface area contributed by atoms with Crippen LogP contribution in [0.3, 0.4) is 0 Å². The lowest BCUT2D eigenvalue weighted by molar-refractivity contribution is -0.246. The van der Waals surface area contributed by atoms with Crippen LogP contribution < -0.4 is 10.6 Å². The molecule has 7 heteroatoms. The Hall–Kier alpha value is -3.45. The van der Waals surface area contributed by atoms with Gasteiger partial charge in [-0.25, -0.2) is 4.79 Å². The largest absolute Gasteiger partial charge is 0.478 e. The van der Waals surface area contributed by atoms with Gasteiger partial charge in [-0.2, -0.15) is 0 Å². The van der Waals surface area contributed by atoms with Gasteiger partial charge in [0.25, 0.3) is 5.91 Å². The topological polar surface area (TPSA) is 116 Å². The molecule has 2 aromatic carbocycles. The highest BCUT2D eigenvalue weighted by Crippen LogP contribution is 2.77. The normalized spacial score (nSPS) is 38.9. The number of aromatic carboxylic acids is 1. The first-order chi connectivity index (χ1) is 26.8. The van der Waals surface area contributed by atoms with Crippen molar-refractivity contribution in [3.63, 3.8) is 0 Å². The number of carboxylic acid groups (broad SMARTS) is 1. The first-order valence-electron chi connectivity index (χ1n) is 22.2. The van der Waals surface area contributed by atoms with Crippen molar-refractivity contribution in [3.8, 4) is 0 Å². The van der Waals surface area contributed by atoms with Crippen molar-refractivity contribution in [2.75, 3.05) is 0 Å². The smallest absolute Gasteiger partial charge is 0.335 e. The van der Waals surface area contributed by atoms with Gasteiger partial charge in [-0.05, 0) is 171 Å². The first-order valence-corrected chi connectivity index (χ1v) is 22.2. The average molecular weight is 777 g/mol. The molecule has 308 valence electrons. The molecular weight excluding hydrogens is 709 g/mol. The van der Waals surface area contributed by atoms with E-state index in [1.165, 1.54) is 31.3 Å². The summed E-state index contributed by atoms with van der Waals surface area (Å²) in [6, 6.07) is 14.4. The molecule has 2 amide bonds. The molecular formula is C50H68N2O5. The van der Waals surface area contributed by atoms with Crippen molar-refractivity contribution in [3.05, 3.63) is 82.9 Å². The lowest BCUT2D eigenvalue weighted by Gasteiger charge is -2.72. The average Bonchev–Trinajstić information content (AvgIpc) is 3.84. The van der Waals surface area contributed by atoms with Gasteiger partial charge in [0.2, 0.25) is 5.91 Å². The van der Waals surface area contributed by atoms with E-state index in [1.807, 2.05) is 24.3 Å². The Bertz CT molecular complexity index is 1970. The van der Waals surface area contributed by atoms with Crippen molar-refractivity contribution in [1.82, 2.24) is 10.6 Å². The fourth-order valence-corrected chi connectivity index (χ4v) is 15.0. The van der Waals surface area contributed by atoms with Crippen molar-refractivity contribution in [2.45, 2.75) is 150 Å². The third-order valence-electron chi connectivity index (χ3n) is 18.8. The maximum Gasteiger partial charge on any atom is 0.335 e. The van der Waals surface area contributed by atoms with Gasteiger partial charge in [0.05, 0.1) is 17.1 Å². The second kappa shape index (κ2) is 13.8. The van der Waals surface area contributed by atoms with Crippen LogP contribution in [0.5, 0.6) is 0 Å². The molecule has 0 spiro atoms. The molecule has 7 nitrogen and oxygen atoms in total. The molecule has 6 fully saturated rings. The van der Waals surface area contributed by atoms with Crippen LogP contribution in [-0.4, -0.2) is 39.6 Å². The Labute approximate surface area is 341 Å². The van der Waals surface area contributed by atoms with E-state index in [9.17, 15) is 19.8 Å². The number of nitrogens with one attached hydrogen (secondary N) is 2. The Morgan fingerprint density at radius 1 is 0.807 bits per heavy atom. The van der Waals surface area contributed by atoms with Crippen LogP contribution in [0.1, 0.15) is 163 Å². The maximum atomic E-state index is 15.2. The van der Waals surface area contributed by atoms with Gasteiger partial charge in [0.1, 0.15) is 0 Å². The van der Waals surface area contributed by atoms with Crippen molar-refractivity contribution in [2.24, 2.45) is 56.7 Å². The molecule has 6 saturated carbocycles. The van der Waals surface area contributed by atoms with Crippen molar-refractivity contribution in [1.29, 1.82) is 0 Å². The Balaban J connectivity index is 1.02. The third kappa shape index (κ3) is 6.09. The van der Waals surface area contributed by atoms with Crippen LogP contribution in [0.25, 0.3) is 0 Å². The molecule has 6 aliphatic rings. The molecule has 6 aliphatic carbocycles. The van der Waals surface area contributed by atoms with E-state index < -0.39 is 11.4 Å². The summed E-state index contributed by atoms with van der Waals surface area (Å²) in [4.78, 5) is 40.0. The highest BCUT2D eigenvalue weighted by Gasteiger charge is 2.72. The number of hydrogen-bond donors (Lipinski definition) is 4. The van der Waals surface area contributed by atoms with E-state index >= 15 is 4.79 Å². The Kier molecular flexibility index (Phi) is 9.77. The van der Waals surface area contributed by atoms with Crippen LogP contribution in [-0.2, 0) is 11.3 Å². The highest BCUT2D eigenvalue weighted by molar-refractivity contribution is 5.94. The van der Waals surface area contributed by atoms with Crippen LogP contribution in [0.4, 0.5) is 0 Å². The van der Waals surface area contributed by atoms with Gasteiger partial charge >= 0.3 is 5.97 Å². The standard InChI is InChI=1S/C50H68N2O5/c1-30(2)36-17-22-49(24-23-47(7)37(41(36)49)15-16-39-46(6)20-19-40(53)45(4,5)38(46)18-21-48(39,47)8)44(57)52-50(25-26-50)31(3)33-12-10-13-34(28-33)42(54)51-29-32-11-9-14-35(27-32)43(55)56/h9-14,27-28,31,36-41,53H,1,15-26,29H2,2-8H3,(H,51,54)(H,52,57)(H,55,56)/t31?,36-,37?,38?,39?,40-,41?,46-,47+,48+,49-/m0/s1. The van der Waals surface area contributed by atoms with Gasteiger partial charge in [0, 0.05) is 23.6 Å². The highest BCUT2D eigenvalue weighted by atomic mass is 16.4. The predicted molar refractivity (Wildman–Crippen MR) is 225 cm³/mol. The lowest BCUT2D eigenvalue weighted by Crippen LogP contribution is -2.67. The summed E-state index contributed by atoms with van der Waals surface area (Å²) >= 11 is 0. The van der Waals surface area contributed by atoms with E-state index in [0.717, 1.165) is 62.5 Å². The monoisotopic (exact) mass is 777 g/mol. The molecule has 0 saturated heterocycles. The van der Waals surface area contributed by atoms with Crippen LogP contribution in [0.2, 0.25) is 0 Å². The number of aliphatic hydroxyl groups is 1. The van der Waals surface area contributed by atoms with E-state index in [1.54, 1.807) is 18.2 Å². The van der Waals surface area contributed by atoms with Crippen LogP contribution in [0, 0.1) is 56.7 Å². The minimum atomic E-state index is -0.994. The molecule has 0 bridgehead atoms. The maximum absolute atomic E-state index is 15.2. The summed E-state index contributed by atoms with van der Waals surface area (Å²) in [5.74, 6) is 1.35. The minimum Gasteiger partial charge on any atom is -0.478 e. The molecule has 0 aromatic heterocycles. The summed E-state index contributed by atoms with van der Waals surface area (Å²) in [6.07, 6.45) is 12.4. The molecule has 0 radical (unpaired) electrons. The third-order valence-corrected chi connectivity index (χ3v) is 18.8. The van der Waals surface area contributed by atoms with Gasteiger partial charge in [0.15, 0.2) is 0 Å². The Morgan fingerprint density at radius 3 is 2.23 bits per heavy atom. The quantitative estimate of drug-likeness (QED) is 0.189. The molecule has 2 aromatic rings. The summed E-state index contributed by atoms with van der Waals surface area (Å²) in [6.45, 7) is 21.7. The Morgan fingerprint density at radius 2 is 1.53 bits per heavy atom. The molecule has 5 unspecified atom stereocenters. The second-order valence-corrected chi connectivity index (χ2v) is 21.4. The van der Waals surface area contributed by atoms with Gasteiger partial charge in [-0.1, -0.05) is 78.0 Å². The summed E-state index contributed by atoms with van der Waals surface area (Å²) < 4.78 is 0. The molecule has 4 N–H and O–H groups in total. The van der Waals surface area contributed by atoms with E-state index in [-0.39, 0.29) is 69.1 Å². The van der Waals surface area contributed by atoms with Gasteiger partial charge in [-0.3, -0.25) is 9.59 Å². The van der Waals surface area contributed by atoms with Crippen molar-refractivity contribution >= 4 is 17.8 Å². The molecule has 11 atom stereocenters. The number of carboxylic acids is 1. The number of amides is 2. The minimum absolute atomic E-state index is 0.0343. The zero-order valence-electron chi connectivity index (χ0n) is 35.7. The zero-order valence-corrected chi connectivity index (χ0v) is 35.7. The van der Waals surface area contributed by atoms with Crippen LogP contribution in [0.15, 0.2) is 60.7 Å². The van der Waals surface area contributed by atoms with Gasteiger partial charge < -0.3 is 20.8 Å². The fraction of sp³-hybridized carbons (Fsp3) is 0.660. The number of aliphatic hydroxyl groups excluding tert-OH is 1. The zero-order chi connectivity index (χ0) is 40.9. The van der Waals surface area contributed by atoms with Crippen molar-refractivity contribution < 1.29 is 24.6 Å². The summed E-state index contributed by atoms with van der Waals surface area (Å²) in [7, 11) is 0. The van der Waals surface area contributed by atoms with Crippen LogP contribution >= 0.6 is 0 Å². The predicted octanol–water partition coefficient (Wildman–Crippen LogP) is 10.1. The second-order valence-electron chi connectivity index (χ2n) is 21.4. The molecule has 8 rings (SSSR count). The molecule has 0 heterocycles. The van der Waals surface area contributed by atoms with E-state index in [2.05, 4.69) is 71.7 Å². The summed E-state index contributed by atoms with van der Waals surface area (Å²) in [5.41, 5.74) is 3.51. The lowest BCUT2D eigenvalue weighted by atomic mass is 9.32. The number of carbonyl (C=O) groups excluding carboxylic acids is 2. The van der Waals surface area contributed by atoms with E-state index in [0.29, 0.717) is 29.2 Å². The first kappa shape index (κ1) is 40.3. The van der Waals surface area contributed by atoms with E-state index in [4.69, 9.17) is 0 Å². The number of fused-ring (bicyclic) bond motifs is 7. The SMILES string of the molecule is C=C(C)[C@@H]1CC[C@]2(C(=O)NC3(C(C)c4cccc(C(=O)NCc5cccc(C(=O)O)c5)c4)CC3)CC[C@]3(C)C(CCC4[C@@]5(C)CC[C@H](O)C(C)(C)C5CC[C@]43C)C12. The molecule has 0 aliphatic heterocycles. The number of carbonyl (C=O) groups is 3. The number of rotatable bonds is 9. The summed E-state index contributed by atoms with van der Waals surface area (Å²) in [5, 5.41) is 27.3. The number of allylic oxidation sites excluding steroid dienone is 1. The van der Waals surface area contributed by atoms with Gasteiger partial charge in [-0.15, -0.1) is 0 Å². The number of benzene rings is 2. The fourth-order valence-electron chi connectivity index (χ4n) is 15.0. The number of hydrogen-bond acceptors (Lipinski definition) is 4.